The Morgan fingerprint density at radius 3 is 2.21 bits per heavy atom. The normalized spacial score (nSPS) is 13.6. The summed E-state index contributed by atoms with van der Waals surface area (Å²) in [6.07, 6.45) is 0.759. The van der Waals surface area contributed by atoms with Crippen molar-refractivity contribution >= 4 is 23.7 Å². The highest BCUT2D eigenvalue weighted by Crippen LogP contribution is 2.04. The molecule has 0 radical (unpaired) electrons. The number of nitrogens with zero attached hydrogens (tertiary/aromatic N) is 1. The van der Waals surface area contributed by atoms with Crippen LogP contribution in [0.5, 0.6) is 0 Å². The fourth-order valence-electron chi connectivity index (χ4n) is 2.47. The van der Waals surface area contributed by atoms with Crippen LogP contribution in [0.3, 0.4) is 0 Å². The van der Waals surface area contributed by atoms with Gasteiger partial charge in [-0.1, -0.05) is 30.3 Å². The van der Waals surface area contributed by atoms with Gasteiger partial charge in [0.1, 0.15) is 12.1 Å². The Morgan fingerprint density at radius 2 is 1.66 bits per heavy atom. The highest BCUT2D eigenvalue weighted by atomic mass is 16.4. The first-order chi connectivity index (χ1) is 13.7. The third-order valence-electron chi connectivity index (χ3n) is 4.01. The number of hydrogen-bond donors (Lipinski definition) is 7. The summed E-state index contributed by atoms with van der Waals surface area (Å²) < 4.78 is 0. The summed E-state index contributed by atoms with van der Waals surface area (Å²) in [4.78, 5) is 39.7. The van der Waals surface area contributed by atoms with Gasteiger partial charge in [-0.15, -0.1) is 0 Å². The van der Waals surface area contributed by atoms with Crippen molar-refractivity contribution in [3.05, 3.63) is 35.9 Å². The number of carboxylic acid groups (broad SMARTS) is 1. The molecule has 3 atom stereocenters. The van der Waals surface area contributed by atoms with Crippen molar-refractivity contribution in [3.63, 3.8) is 0 Å². The van der Waals surface area contributed by atoms with Crippen molar-refractivity contribution in [2.45, 2.75) is 37.4 Å². The van der Waals surface area contributed by atoms with Gasteiger partial charge < -0.3 is 38.0 Å². The maximum Gasteiger partial charge on any atom is 0.328 e. The van der Waals surface area contributed by atoms with Gasteiger partial charge in [0.2, 0.25) is 11.8 Å². The lowest BCUT2D eigenvalue weighted by molar-refractivity contribution is -0.143. The van der Waals surface area contributed by atoms with Crippen molar-refractivity contribution in [1.29, 1.82) is 0 Å². The molecule has 0 fully saturated rings. The van der Waals surface area contributed by atoms with E-state index in [0.717, 1.165) is 5.56 Å². The molecule has 0 bridgehead atoms. The second-order valence-electron chi connectivity index (χ2n) is 6.39. The van der Waals surface area contributed by atoms with Crippen molar-refractivity contribution in [2.75, 3.05) is 13.2 Å². The van der Waals surface area contributed by atoms with E-state index in [4.69, 9.17) is 27.4 Å². The molecule has 0 spiro atoms. The summed E-state index contributed by atoms with van der Waals surface area (Å²) in [6, 6.07) is 5.67. The van der Waals surface area contributed by atoms with Gasteiger partial charge in [-0.2, -0.15) is 0 Å². The molecular weight excluding hydrogens is 380 g/mol. The van der Waals surface area contributed by atoms with Gasteiger partial charge in [0, 0.05) is 6.54 Å². The summed E-state index contributed by atoms with van der Waals surface area (Å²) in [5, 5.41) is 22.8. The minimum Gasteiger partial charge on any atom is -0.480 e. The average Bonchev–Trinajstić information content (AvgIpc) is 2.68. The molecule has 2 amide bonds. The SMILES string of the molecule is NC(N)=NCCC[C@H](NC(=O)[C@@H](N)Cc1ccccc1)C(=O)N[C@@H](CO)C(=O)O. The Labute approximate surface area is 168 Å². The second kappa shape index (κ2) is 12.3. The highest BCUT2D eigenvalue weighted by Gasteiger charge is 2.27. The van der Waals surface area contributed by atoms with Gasteiger partial charge >= 0.3 is 5.97 Å². The van der Waals surface area contributed by atoms with E-state index >= 15 is 0 Å². The van der Waals surface area contributed by atoms with E-state index in [9.17, 15) is 14.4 Å². The Bertz CT molecular complexity index is 708. The van der Waals surface area contributed by atoms with Gasteiger partial charge in [0.25, 0.3) is 0 Å². The van der Waals surface area contributed by atoms with Gasteiger partial charge in [-0.3, -0.25) is 14.6 Å². The largest absolute Gasteiger partial charge is 0.480 e. The van der Waals surface area contributed by atoms with Crippen molar-refractivity contribution in [1.82, 2.24) is 10.6 Å². The predicted molar refractivity (Wildman–Crippen MR) is 107 cm³/mol. The first-order valence-electron chi connectivity index (χ1n) is 9.04. The van der Waals surface area contributed by atoms with E-state index in [-0.39, 0.29) is 25.3 Å². The van der Waals surface area contributed by atoms with Crippen LogP contribution in [0, 0.1) is 0 Å². The summed E-state index contributed by atoms with van der Waals surface area (Å²) in [5.74, 6) is -2.82. The third kappa shape index (κ3) is 9.04. The molecule has 0 aliphatic heterocycles. The Kier molecular flexibility index (Phi) is 10.1. The number of benzene rings is 1. The fraction of sp³-hybridized carbons (Fsp3) is 0.444. The summed E-state index contributed by atoms with van der Waals surface area (Å²) in [7, 11) is 0. The maximum absolute atomic E-state index is 12.4. The van der Waals surface area contributed by atoms with Crippen LogP contribution in [0.2, 0.25) is 0 Å². The van der Waals surface area contributed by atoms with Gasteiger partial charge in [0.05, 0.1) is 12.6 Å². The summed E-state index contributed by atoms with van der Waals surface area (Å²) in [5.41, 5.74) is 17.3. The number of carbonyl (C=O) groups is 3. The second-order valence-corrected chi connectivity index (χ2v) is 6.39. The zero-order chi connectivity index (χ0) is 21.8. The number of nitrogens with one attached hydrogen (secondary N) is 2. The topological polar surface area (TPSA) is 206 Å². The van der Waals surface area contributed by atoms with E-state index in [1.807, 2.05) is 30.3 Å². The molecule has 0 unspecified atom stereocenters. The molecule has 1 rings (SSSR count). The van der Waals surface area contributed by atoms with E-state index in [0.29, 0.717) is 6.42 Å². The van der Waals surface area contributed by atoms with Crippen molar-refractivity contribution < 1.29 is 24.6 Å². The standard InChI is InChI=1S/C18H28N6O5/c19-12(9-11-5-2-1-3-6-11)15(26)23-13(7-4-8-22-18(20)21)16(27)24-14(10-25)17(28)29/h1-3,5-6,12-14,25H,4,7-10,19H2,(H,23,26)(H,24,27)(H,28,29)(H4,20,21,22)/t12-,13-,14-/m0/s1. The number of carboxylic acids is 1. The minimum absolute atomic E-state index is 0.105. The number of hydrogen-bond acceptors (Lipinski definition) is 6. The van der Waals surface area contributed by atoms with Crippen LogP contribution in [-0.4, -0.2) is 65.2 Å². The lowest BCUT2D eigenvalue weighted by atomic mass is 10.0. The molecule has 11 nitrogen and oxygen atoms in total. The van der Waals surface area contributed by atoms with Gasteiger partial charge in [0.15, 0.2) is 5.96 Å². The molecule has 0 aromatic heterocycles. The molecule has 0 aliphatic rings. The number of nitrogens with two attached hydrogens (primary N) is 3. The number of rotatable bonds is 12. The van der Waals surface area contributed by atoms with Gasteiger partial charge in [-0.25, -0.2) is 4.79 Å². The third-order valence-corrected chi connectivity index (χ3v) is 4.01. The van der Waals surface area contributed by atoms with Crippen LogP contribution in [0.4, 0.5) is 0 Å². The molecule has 0 saturated carbocycles. The maximum atomic E-state index is 12.4. The predicted octanol–water partition coefficient (Wildman–Crippen LogP) is -2.34. The molecule has 160 valence electrons. The number of aliphatic hydroxyl groups excluding tert-OH is 1. The van der Waals surface area contributed by atoms with Crippen LogP contribution in [0.25, 0.3) is 0 Å². The fourth-order valence-corrected chi connectivity index (χ4v) is 2.47. The zero-order valence-corrected chi connectivity index (χ0v) is 16.0. The first-order valence-corrected chi connectivity index (χ1v) is 9.04. The lowest BCUT2D eigenvalue weighted by Crippen LogP contribution is -2.55. The summed E-state index contributed by atoms with van der Waals surface area (Å²) >= 11 is 0. The minimum atomic E-state index is -1.49. The molecular formula is C18H28N6O5. The van der Waals surface area contributed by atoms with Crippen LogP contribution in [0.15, 0.2) is 35.3 Å². The van der Waals surface area contributed by atoms with E-state index in [2.05, 4.69) is 15.6 Å². The molecule has 29 heavy (non-hydrogen) atoms. The van der Waals surface area contributed by atoms with Gasteiger partial charge in [-0.05, 0) is 24.8 Å². The van der Waals surface area contributed by atoms with Crippen molar-refractivity contribution in [3.8, 4) is 0 Å². The van der Waals surface area contributed by atoms with Crippen LogP contribution < -0.4 is 27.8 Å². The number of aliphatic imine (C=N–C) groups is 1. The zero-order valence-electron chi connectivity index (χ0n) is 16.0. The Hall–Kier alpha value is -3.18. The molecule has 0 aliphatic carbocycles. The van der Waals surface area contributed by atoms with E-state index < -0.39 is 42.5 Å². The Morgan fingerprint density at radius 1 is 1.03 bits per heavy atom. The molecule has 1 aromatic carbocycles. The Balaban J connectivity index is 2.77. The lowest BCUT2D eigenvalue weighted by Gasteiger charge is -2.22. The van der Waals surface area contributed by atoms with Crippen molar-refractivity contribution in [2.24, 2.45) is 22.2 Å². The van der Waals surface area contributed by atoms with Crippen LogP contribution >= 0.6 is 0 Å². The molecule has 0 saturated heterocycles. The molecule has 0 heterocycles. The monoisotopic (exact) mass is 408 g/mol. The average molecular weight is 408 g/mol. The first kappa shape index (κ1) is 23.9. The molecule has 1 aromatic rings. The quantitative estimate of drug-likeness (QED) is 0.113. The summed E-state index contributed by atoms with van der Waals surface area (Å²) in [6.45, 7) is -0.566. The highest BCUT2D eigenvalue weighted by molar-refractivity contribution is 5.91. The van der Waals surface area contributed by atoms with E-state index in [1.165, 1.54) is 0 Å². The number of carbonyl (C=O) groups excluding carboxylic acids is 2. The molecule has 10 N–H and O–H groups in total. The number of amides is 2. The number of guanidine groups is 1. The number of aliphatic carboxylic acids is 1. The van der Waals surface area contributed by atoms with Crippen LogP contribution in [-0.2, 0) is 20.8 Å². The molecule has 11 heteroatoms. The number of aliphatic hydroxyl groups is 1. The smallest absolute Gasteiger partial charge is 0.328 e. The van der Waals surface area contributed by atoms with E-state index in [1.54, 1.807) is 0 Å². The van der Waals surface area contributed by atoms with Crippen LogP contribution in [0.1, 0.15) is 18.4 Å².